The zero-order valence-electron chi connectivity index (χ0n) is 5.78. The highest BCUT2D eigenvalue weighted by Crippen LogP contribution is 2.17. The maximum absolute atomic E-state index is 3.97. The number of nitrogens with zero attached hydrogens (tertiary/aromatic N) is 2. The van der Waals surface area contributed by atoms with Crippen LogP contribution >= 0.6 is 0 Å². The van der Waals surface area contributed by atoms with Gasteiger partial charge in [-0.2, -0.15) is 5.11 Å². The fraction of sp³-hybridized carbons (Fsp3) is 0.429. The highest BCUT2D eigenvalue weighted by molar-refractivity contribution is 5.28. The predicted octanol–water partition coefficient (Wildman–Crippen LogP) is 1.46. The van der Waals surface area contributed by atoms with E-state index in [0.29, 0.717) is 6.04 Å². The summed E-state index contributed by atoms with van der Waals surface area (Å²) < 4.78 is 0. The molecule has 1 aliphatic heterocycles. The van der Waals surface area contributed by atoms with E-state index in [9.17, 15) is 0 Å². The van der Waals surface area contributed by atoms with E-state index in [1.54, 1.807) is 0 Å². The van der Waals surface area contributed by atoms with Gasteiger partial charge in [0, 0.05) is 1.43 Å². The predicted molar refractivity (Wildman–Crippen MR) is 40.6 cm³/mol. The molecule has 1 N–H and O–H groups in total. The van der Waals surface area contributed by atoms with Crippen LogP contribution in [0.1, 0.15) is 8.35 Å². The maximum atomic E-state index is 3.97. The van der Waals surface area contributed by atoms with Crippen molar-refractivity contribution in [1.82, 2.24) is 5.43 Å². The fourth-order valence-corrected chi connectivity index (χ4v) is 1.20. The first kappa shape index (κ1) is 5.65. The molecule has 0 amide bonds. The molecule has 2 atom stereocenters. The number of allylic oxidation sites excluding steroid dienone is 2. The van der Waals surface area contributed by atoms with Gasteiger partial charge in [-0.25, -0.2) is 0 Å². The minimum absolute atomic E-state index is 0. The van der Waals surface area contributed by atoms with E-state index < -0.39 is 0 Å². The van der Waals surface area contributed by atoms with Crippen LogP contribution in [0.15, 0.2) is 34.1 Å². The molecule has 0 aromatic heterocycles. The molecule has 0 aromatic carbocycles. The zero-order chi connectivity index (χ0) is 6.97. The SMILES string of the molecule is CC1=CC2NN=NC2C=C1.[HH]. The third-order valence-corrected chi connectivity index (χ3v) is 1.76. The molecule has 2 unspecified atom stereocenters. The Morgan fingerprint density at radius 2 is 2.60 bits per heavy atom. The second kappa shape index (κ2) is 1.94. The third-order valence-electron chi connectivity index (χ3n) is 1.76. The highest BCUT2D eigenvalue weighted by Gasteiger charge is 2.22. The van der Waals surface area contributed by atoms with Gasteiger partial charge in [0.15, 0.2) is 0 Å². The second-order valence-corrected chi connectivity index (χ2v) is 2.63. The Hall–Kier alpha value is -1.12. The number of fused-ring (bicyclic) bond motifs is 1. The van der Waals surface area contributed by atoms with Crippen molar-refractivity contribution in [3.8, 4) is 0 Å². The van der Waals surface area contributed by atoms with E-state index in [2.05, 4.69) is 40.9 Å². The van der Waals surface area contributed by atoms with E-state index in [4.69, 9.17) is 0 Å². The minimum Gasteiger partial charge on any atom is -0.282 e. The van der Waals surface area contributed by atoms with E-state index in [1.807, 2.05) is 0 Å². The number of rotatable bonds is 0. The zero-order valence-corrected chi connectivity index (χ0v) is 5.78. The first-order valence-electron chi connectivity index (χ1n) is 3.38. The van der Waals surface area contributed by atoms with Gasteiger partial charge >= 0.3 is 0 Å². The lowest BCUT2D eigenvalue weighted by molar-refractivity contribution is 0.655. The molecule has 1 aliphatic carbocycles. The normalized spacial score (nSPS) is 35.1. The average molecular weight is 137 g/mol. The van der Waals surface area contributed by atoms with Gasteiger partial charge in [-0.3, -0.25) is 5.43 Å². The van der Waals surface area contributed by atoms with Crippen LogP contribution in [0.3, 0.4) is 0 Å². The first-order valence-corrected chi connectivity index (χ1v) is 3.38. The van der Waals surface area contributed by atoms with Crippen LogP contribution in [-0.4, -0.2) is 12.1 Å². The van der Waals surface area contributed by atoms with Crippen LogP contribution in [0.4, 0.5) is 0 Å². The monoisotopic (exact) mass is 137 g/mol. The molecule has 0 saturated carbocycles. The van der Waals surface area contributed by atoms with Gasteiger partial charge in [0.1, 0.15) is 6.04 Å². The molecule has 0 fully saturated rings. The summed E-state index contributed by atoms with van der Waals surface area (Å²) in [7, 11) is 0. The first-order chi connectivity index (χ1) is 4.86. The second-order valence-electron chi connectivity index (χ2n) is 2.63. The van der Waals surface area contributed by atoms with Crippen LogP contribution in [-0.2, 0) is 0 Å². The van der Waals surface area contributed by atoms with Gasteiger partial charge in [-0.1, -0.05) is 29.0 Å². The van der Waals surface area contributed by atoms with E-state index in [1.165, 1.54) is 5.57 Å². The largest absolute Gasteiger partial charge is 0.282 e. The van der Waals surface area contributed by atoms with Crippen LogP contribution in [0, 0.1) is 0 Å². The van der Waals surface area contributed by atoms with Crippen LogP contribution in [0.25, 0.3) is 0 Å². The smallest absolute Gasteiger partial charge is 0.117 e. The Kier molecular flexibility index (Phi) is 1.09. The fourth-order valence-electron chi connectivity index (χ4n) is 1.20. The summed E-state index contributed by atoms with van der Waals surface area (Å²) >= 11 is 0. The van der Waals surface area contributed by atoms with Gasteiger partial charge in [-0.15, -0.1) is 0 Å². The van der Waals surface area contributed by atoms with Crippen molar-refractivity contribution < 1.29 is 1.43 Å². The summed E-state index contributed by atoms with van der Waals surface area (Å²) in [5.74, 6) is 0. The topological polar surface area (TPSA) is 36.8 Å². The molecule has 0 spiro atoms. The summed E-state index contributed by atoms with van der Waals surface area (Å²) in [6, 6.07) is 0.550. The van der Waals surface area contributed by atoms with Gasteiger partial charge in [-0.05, 0) is 6.92 Å². The summed E-state index contributed by atoms with van der Waals surface area (Å²) in [4.78, 5) is 0. The summed E-state index contributed by atoms with van der Waals surface area (Å²) in [6.45, 7) is 2.08. The molecule has 0 bridgehead atoms. The quantitative estimate of drug-likeness (QED) is 0.539. The van der Waals surface area contributed by atoms with Crippen molar-refractivity contribution in [3.05, 3.63) is 23.8 Å². The van der Waals surface area contributed by atoms with Crippen LogP contribution in [0.5, 0.6) is 0 Å². The molecular formula is C7H11N3. The van der Waals surface area contributed by atoms with Gasteiger partial charge in [0.05, 0.1) is 6.04 Å². The van der Waals surface area contributed by atoms with Crippen molar-refractivity contribution in [2.45, 2.75) is 19.0 Å². The van der Waals surface area contributed by atoms with Crippen LogP contribution in [0.2, 0.25) is 0 Å². The van der Waals surface area contributed by atoms with E-state index >= 15 is 0 Å². The molecule has 2 rings (SSSR count). The Balaban J connectivity index is 0.000000605. The average Bonchev–Trinajstić information content (AvgIpc) is 2.33. The summed E-state index contributed by atoms with van der Waals surface area (Å²) in [5.41, 5.74) is 4.20. The minimum atomic E-state index is 0. The van der Waals surface area contributed by atoms with Gasteiger partial charge in [0.2, 0.25) is 0 Å². The van der Waals surface area contributed by atoms with E-state index in [-0.39, 0.29) is 7.47 Å². The lowest BCUT2D eigenvalue weighted by Crippen LogP contribution is -2.28. The molecule has 10 heavy (non-hydrogen) atoms. The standard InChI is InChI=1S/C7H9N3.H2/c1-5-2-3-6-7(4-5)9-10-8-6;/h2-4,6-7H,1H3,(H,8,9);1H. The molecule has 0 saturated heterocycles. The van der Waals surface area contributed by atoms with Crippen molar-refractivity contribution in [2.24, 2.45) is 10.3 Å². The summed E-state index contributed by atoms with van der Waals surface area (Å²) in [5, 5.41) is 7.72. The molecule has 0 radical (unpaired) electrons. The maximum Gasteiger partial charge on any atom is 0.117 e. The van der Waals surface area contributed by atoms with Crippen molar-refractivity contribution in [2.75, 3.05) is 0 Å². The Morgan fingerprint density at radius 3 is 3.50 bits per heavy atom. The van der Waals surface area contributed by atoms with Crippen molar-refractivity contribution in [3.63, 3.8) is 0 Å². The lowest BCUT2D eigenvalue weighted by atomic mass is 10.0. The molecule has 1 heterocycles. The Labute approximate surface area is 61.0 Å². The van der Waals surface area contributed by atoms with E-state index in [0.717, 1.165) is 0 Å². The Morgan fingerprint density at radius 1 is 1.70 bits per heavy atom. The Bertz CT molecular complexity index is 232. The third kappa shape index (κ3) is 0.744. The van der Waals surface area contributed by atoms with Crippen molar-refractivity contribution >= 4 is 0 Å². The van der Waals surface area contributed by atoms with Gasteiger partial charge < -0.3 is 0 Å². The molecule has 2 aliphatic rings. The number of nitrogens with one attached hydrogen (secondary N) is 1. The lowest BCUT2D eigenvalue weighted by Gasteiger charge is -2.13. The molecule has 0 aromatic rings. The number of hydrogen-bond donors (Lipinski definition) is 1. The van der Waals surface area contributed by atoms with Crippen molar-refractivity contribution in [1.29, 1.82) is 0 Å². The molecule has 3 heteroatoms. The molecular weight excluding hydrogens is 126 g/mol. The van der Waals surface area contributed by atoms with Crippen LogP contribution < -0.4 is 5.43 Å². The molecule has 54 valence electrons. The summed E-state index contributed by atoms with van der Waals surface area (Å²) in [6.07, 6.45) is 6.29. The highest BCUT2D eigenvalue weighted by atomic mass is 15.5. The van der Waals surface area contributed by atoms with Gasteiger partial charge in [0.25, 0.3) is 0 Å². The molecule has 3 nitrogen and oxygen atoms in total. The number of hydrogen-bond acceptors (Lipinski definition) is 3.